The summed E-state index contributed by atoms with van der Waals surface area (Å²) in [6.07, 6.45) is 5.58. The fraction of sp³-hybridized carbons (Fsp3) is 0.174. The predicted octanol–water partition coefficient (Wildman–Crippen LogP) is 5.16. The van der Waals surface area contributed by atoms with Crippen LogP contribution in [0.4, 0.5) is 5.69 Å². The molecule has 0 atom stereocenters. The van der Waals surface area contributed by atoms with Crippen LogP contribution in [0.2, 0.25) is 0 Å². The molecule has 5 nitrogen and oxygen atoms in total. The molecule has 4 aromatic rings. The van der Waals surface area contributed by atoms with Gasteiger partial charge in [0, 0.05) is 36.1 Å². The molecule has 0 bridgehead atoms. The van der Waals surface area contributed by atoms with Crippen LogP contribution >= 0.6 is 0 Å². The zero-order chi connectivity index (χ0) is 19.3. The van der Waals surface area contributed by atoms with E-state index in [0.29, 0.717) is 23.6 Å². The molecule has 5 heteroatoms. The van der Waals surface area contributed by atoms with Gasteiger partial charge in [0.2, 0.25) is 11.8 Å². The number of oxazole rings is 1. The molecule has 2 aromatic heterocycles. The molecule has 2 heterocycles. The quantitative estimate of drug-likeness (QED) is 0.508. The predicted molar refractivity (Wildman–Crippen MR) is 110 cm³/mol. The highest BCUT2D eigenvalue weighted by molar-refractivity contribution is 5.93. The minimum absolute atomic E-state index is 0.000309. The maximum Gasteiger partial charge on any atom is 0.227 e. The van der Waals surface area contributed by atoms with Crippen LogP contribution in [0.1, 0.15) is 24.0 Å². The molecule has 0 radical (unpaired) electrons. The first kappa shape index (κ1) is 17.9. The van der Waals surface area contributed by atoms with E-state index in [0.717, 1.165) is 23.9 Å². The maximum absolute atomic E-state index is 12.3. The summed E-state index contributed by atoms with van der Waals surface area (Å²) in [6, 6.07) is 17.6. The van der Waals surface area contributed by atoms with E-state index in [1.165, 1.54) is 11.1 Å². The lowest BCUT2D eigenvalue weighted by atomic mass is 10.1. The summed E-state index contributed by atoms with van der Waals surface area (Å²) >= 11 is 0. The fourth-order valence-electron chi connectivity index (χ4n) is 3.05. The third kappa shape index (κ3) is 4.26. The normalized spacial score (nSPS) is 10.9. The number of rotatable bonds is 6. The number of aromatic nitrogens is 2. The first-order valence-corrected chi connectivity index (χ1v) is 9.34. The molecule has 1 amide bonds. The molecule has 28 heavy (non-hydrogen) atoms. The van der Waals surface area contributed by atoms with Gasteiger partial charge in [-0.15, -0.1) is 0 Å². The molecule has 0 unspecified atom stereocenters. The number of nitrogens with one attached hydrogen (secondary N) is 1. The highest BCUT2D eigenvalue weighted by atomic mass is 16.3. The number of nitrogens with zero attached hydrogens (tertiary/aromatic N) is 2. The lowest BCUT2D eigenvalue weighted by Gasteiger charge is -2.05. The Morgan fingerprint density at radius 3 is 2.61 bits per heavy atom. The van der Waals surface area contributed by atoms with Gasteiger partial charge in [-0.2, -0.15) is 0 Å². The van der Waals surface area contributed by atoms with Gasteiger partial charge in [-0.3, -0.25) is 9.78 Å². The number of anilines is 1. The van der Waals surface area contributed by atoms with Crippen LogP contribution < -0.4 is 5.32 Å². The lowest BCUT2D eigenvalue weighted by molar-refractivity contribution is -0.116. The van der Waals surface area contributed by atoms with Crippen molar-refractivity contribution < 1.29 is 9.21 Å². The second-order valence-electron chi connectivity index (χ2n) is 6.82. The van der Waals surface area contributed by atoms with Crippen LogP contribution in [-0.2, 0) is 11.2 Å². The molecule has 0 fully saturated rings. The van der Waals surface area contributed by atoms with Gasteiger partial charge in [-0.25, -0.2) is 4.98 Å². The van der Waals surface area contributed by atoms with Crippen molar-refractivity contribution in [1.29, 1.82) is 0 Å². The molecule has 0 aliphatic carbocycles. The number of carbonyl (C=O) groups is 1. The Kier molecular flexibility index (Phi) is 5.15. The number of aryl methyl sites for hydroxylation is 2. The average molecular weight is 371 g/mol. The topological polar surface area (TPSA) is 68.0 Å². The largest absolute Gasteiger partial charge is 0.436 e. The average Bonchev–Trinajstić information content (AvgIpc) is 3.14. The summed E-state index contributed by atoms with van der Waals surface area (Å²) in [5, 5.41) is 2.94. The molecule has 0 aliphatic rings. The van der Waals surface area contributed by atoms with Gasteiger partial charge in [0.25, 0.3) is 0 Å². The van der Waals surface area contributed by atoms with E-state index < -0.39 is 0 Å². The molecular formula is C23H21N3O2. The van der Waals surface area contributed by atoms with Crippen molar-refractivity contribution in [3.63, 3.8) is 0 Å². The van der Waals surface area contributed by atoms with Crippen LogP contribution in [-0.4, -0.2) is 15.9 Å². The van der Waals surface area contributed by atoms with E-state index in [2.05, 4.69) is 46.5 Å². The Hall–Kier alpha value is -3.47. The number of fused-ring (bicyclic) bond motifs is 1. The molecule has 0 spiro atoms. The molecule has 0 aliphatic heterocycles. The van der Waals surface area contributed by atoms with Crippen LogP contribution in [0.3, 0.4) is 0 Å². The van der Waals surface area contributed by atoms with Crippen LogP contribution in [0, 0.1) is 6.92 Å². The van der Waals surface area contributed by atoms with Crippen molar-refractivity contribution in [2.45, 2.75) is 26.2 Å². The second-order valence-corrected chi connectivity index (χ2v) is 6.82. The zero-order valence-electron chi connectivity index (χ0n) is 15.7. The SMILES string of the molecule is Cc1ccc(CCCC(=O)Nc2ccc3nc(-c4ccncc4)oc3c2)cc1. The lowest BCUT2D eigenvalue weighted by Crippen LogP contribution is -2.11. The van der Waals surface area contributed by atoms with Gasteiger partial charge in [-0.1, -0.05) is 29.8 Å². The Balaban J connectivity index is 1.37. The fourth-order valence-corrected chi connectivity index (χ4v) is 3.05. The number of hydrogen-bond donors (Lipinski definition) is 1. The minimum Gasteiger partial charge on any atom is -0.436 e. The third-order valence-electron chi connectivity index (χ3n) is 4.59. The summed E-state index contributed by atoms with van der Waals surface area (Å²) in [5.41, 5.74) is 5.48. The highest BCUT2D eigenvalue weighted by Crippen LogP contribution is 2.26. The molecule has 2 aromatic carbocycles. The molecule has 4 rings (SSSR count). The van der Waals surface area contributed by atoms with Crippen molar-refractivity contribution in [2.24, 2.45) is 0 Å². The van der Waals surface area contributed by atoms with Gasteiger partial charge < -0.3 is 9.73 Å². The second kappa shape index (κ2) is 8.05. The standard InChI is InChI=1S/C23H21N3O2/c1-16-5-7-17(8-6-16)3-2-4-22(27)25-19-9-10-20-21(15-19)28-23(26-20)18-11-13-24-14-12-18/h5-15H,2-4H2,1H3,(H,25,27). The monoisotopic (exact) mass is 371 g/mol. The van der Waals surface area contributed by atoms with E-state index >= 15 is 0 Å². The first-order valence-electron chi connectivity index (χ1n) is 9.34. The zero-order valence-corrected chi connectivity index (χ0v) is 15.7. The van der Waals surface area contributed by atoms with E-state index in [1.54, 1.807) is 12.4 Å². The van der Waals surface area contributed by atoms with E-state index in [9.17, 15) is 4.79 Å². The Bertz CT molecular complexity index is 1090. The van der Waals surface area contributed by atoms with Crippen molar-refractivity contribution in [3.8, 4) is 11.5 Å². The summed E-state index contributed by atoms with van der Waals surface area (Å²) < 4.78 is 5.83. The Labute approximate surface area is 163 Å². The number of pyridine rings is 1. The number of hydrogen-bond acceptors (Lipinski definition) is 4. The van der Waals surface area contributed by atoms with Crippen molar-refractivity contribution in [3.05, 3.63) is 78.1 Å². The number of benzene rings is 2. The number of carbonyl (C=O) groups excluding carboxylic acids is 1. The first-order chi connectivity index (χ1) is 13.7. The van der Waals surface area contributed by atoms with Crippen molar-refractivity contribution in [2.75, 3.05) is 5.32 Å². The van der Waals surface area contributed by atoms with Gasteiger partial charge in [0.15, 0.2) is 5.58 Å². The molecule has 0 saturated carbocycles. The van der Waals surface area contributed by atoms with Crippen molar-refractivity contribution in [1.82, 2.24) is 9.97 Å². The smallest absolute Gasteiger partial charge is 0.227 e. The van der Waals surface area contributed by atoms with Gasteiger partial charge >= 0.3 is 0 Å². The molecule has 140 valence electrons. The minimum atomic E-state index is 0.000309. The molecule has 1 N–H and O–H groups in total. The third-order valence-corrected chi connectivity index (χ3v) is 4.59. The van der Waals surface area contributed by atoms with Crippen LogP contribution in [0.15, 0.2) is 71.4 Å². The number of amides is 1. The van der Waals surface area contributed by atoms with E-state index in [1.807, 2.05) is 30.3 Å². The van der Waals surface area contributed by atoms with Gasteiger partial charge in [0.1, 0.15) is 5.52 Å². The molecular weight excluding hydrogens is 350 g/mol. The summed E-state index contributed by atoms with van der Waals surface area (Å²) in [7, 11) is 0. The summed E-state index contributed by atoms with van der Waals surface area (Å²) in [5.74, 6) is 0.541. The van der Waals surface area contributed by atoms with Gasteiger partial charge in [-0.05, 0) is 49.6 Å². The Morgan fingerprint density at radius 1 is 1.04 bits per heavy atom. The van der Waals surface area contributed by atoms with E-state index in [-0.39, 0.29) is 5.91 Å². The summed E-state index contributed by atoms with van der Waals surface area (Å²) in [6.45, 7) is 2.07. The van der Waals surface area contributed by atoms with Crippen molar-refractivity contribution >= 4 is 22.7 Å². The van der Waals surface area contributed by atoms with E-state index in [4.69, 9.17) is 4.42 Å². The summed E-state index contributed by atoms with van der Waals surface area (Å²) in [4.78, 5) is 20.7. The van der Waals surface area contributed by atoms with Crippen LogP contribution in [0.25, 0.3) is 22.6 Å². The molecule has 0 saturated heterocycles. The van der Waals surface area contributed by atoms with Crippen LogP contribution in [0.5, 0.6) is 0 Å². The highest BCUT2D eigenvalue weighted by Gasteiger charge is 2.10. The van der Waals surface area contributed by atoms with Gasteiger partial charge in [0.05, 0.1) is 0 Å². The maximum atomic E-state index is 12.3. The Morgan fingerprint density at radius 2 is 1.82 bits per heavy atom.